The molecule has 0 aromatic heterocycles. The van der Waals surface area contributed by atoms with Crippen LogP contribution in [0.4, 0.5) is 0 Å². The Labute approximate surface area is 287 Å². The maximum Gasteiger partial charge on any atom is 0.472 e. The molecular weight excluding hydrogens is 621 g/mol. The molecule has 0 aliphatic heterocycles. The summed E-state index contributed by atoms with van der Waals surface area (Å²) in [5, 5.41) is 8.84. The molecule has 280 valence electrons. The van der Waals surface area contributed by atoms with Gasteiger partial charge in [-0.15, -0.1) is 0 Å². The van der Waals surface area contributed by atoms with Crippen LogP contribution in [0.1, 0.15) is 181 Å². The number of hydrogen-bond acceptors (Lipinski definition) is 8. The van der Waals surface area contributed by atoms with Crippen LogP contribution in [0.2, 0.25) is 0 Å². The molecule has 0 saturated heterocycles. The molecule has 4 N–H and O–H groups in total. The first-order chi connectivity index (χ1) is 22.7. The number of ether oxygens (including phenoxy) is 2. The van der Waals surface area contributed by atoms with Crippen molar-refractivity contribution in [2.75, 3.05) is 26.4 Å². The minimum atomic E-state index is -4.59. The van der Waals surface area contributed by atoms with Crippen molar-refractivity contribution in [1.82, 2.24) is 0 Å². The Morgan fingerprint density at radius 3 is 1.40 bits per heavy atom. The third kappa shape index (κ3) is 33.3. The van der Waals surface area contributed by atoms with Gasteiger partial charge in [-0.05, 0) is 12.8 Å². The minimum absolute atomic E-state index is 0.0242. The average Bonchev–Trinajstić information content (AvgIpc) is 3.04. The largest absolute Gasteiger partial charge is 0.480 e. The summed E-state index contributed by atoms with van der Waals surface area (Å²) < 4.78 is 33.1. The van der Waals surface area contributed by atoms with Gasteiger partial charge in [0.15, 0.2) is 0 Å². The van der Waals surface area contributed by atoms with Crippen LogP contribution < -0.4 is 5.73 Å². The molecule has 47 heavy (non-hydrogen) atoms. The van der Waals surface area contributed by atoms with Gasteiger partial charge in [0.2, 0.25) is 0 Å². The second kappa shape index (κ2) is 33.5. The van der Waals surface area contributed by atoms with E-state index in [9.17, 15) is 19.0 Å². The summed E-state index contributed by atoms with van der Waals surface area (Å²) in [6, 6.07) is -1.47. The first-order valence-electron chi connectivity index (χ1n) is 19.1. The Morgan fingerprint density at radius 2 is 0.979 bits per heavy atom. The van der Waals surface area contributed by atoms with Crippen LogP contribution in [0.3, 0.4) is 0 Å². The Balaban J connectivity index is 4.11. The van der Waals surface area contributed by atoms with Crippen molar-refractivity contribution in [3.05, 3.63) is 0 Å². The van der Waals surface area contributed by atoms with E-state index in [1.54, 1.807) is 0 Å². The Hall–Kier alpha value is -1.03. The number of rotatable bonds is 37. The van der Waals surface area contributed by atoms with E-state index in [0.29, 0.717) is 13.0 Å². The zero-order chi connectivity index (χ0) is 34.9. The van der Waals surface area contributed by atoms with Gasteiger partial charge >= 0.3 is 19.8 Å². The number of phosphoric ester groups is 1. The molecule has 0 amide bonds. The SMILES string of the molecule is CCCCCCCCCCCCCCCCCCCCOCC(COP(=O)(O)OCC(N)C(=O)O)OC(=O)CCCCCCCCC. The lowest BCUT2D eigenvalue weighted by molar-refractivity contribution is -0.154. The summed E-state index contributed by atoms with van der Waals surface area (Å²) in [5.74, 6) is -1.78. The normalized spacial score (nSPS) is 14.1. The lowest BCUT2D eigenvalue weighted by atomic mass is 10.0. The predicted octanol–water partition coefficient (Wildman–Crippen LogP) is 9.64. The summed E-state index contributed by atoms with van der Waals surface area (Å²) in [6.07, 6.45) is 30.4. The van der Waals surface area contributed by atoms with E-state index in [4.69, 9.17) is 24.8 Å². The number of carboxylic acids is 1. The van der Waals surface area contributed by atoms with Gasteiger partial charge in [0, 0.05) is 13.0 Å². The van der Waals surface area contributed by atoms with Crippen LogP contribution in [0.15, 0.2) is 0 Å². The van der Waals surface area contributed by atoms with Crippen LogP contribution in [0, 0.1) is 0 Å². The highest BCUT2D eigenvalue weighted by molar-refractivity contribution is 7.47. The average molecular weight is 694 g/mol. The summed E-state index contributed by atoms with van der Waals surface area (Å²) in [7, 11) is -4.59. The fourth-order valence-electron chi connectivity index (χ4n) is 5.37. The highest BCUT2D eigenvalue weighted by atomic mass is 31.2. The number of carbonyl (C=O) groups is 2. The topological polar surface area (TPSA) is 155 Å². The summed E-state index contributed by atoms with van der Waals surface area (Å²) in [4.78, 5) is 33.2. The second-order valence-electron chi connectivity index (χ2n) is 13.1. The third-order valence-corrected chi connectivity index (χ3v) is 9.34. The maximum atomic E-state index is 12.4. The lowest BCUT2D eigenvalue weighted by Crippen LogP contribution is -2.34. The monoisotopic (exact) mass is 693 g/mol. The molecule has 0 saturated carbocycles. The van der Waals surface area contributed by atoms with Gasteiger partial charge in [-0.2, -0.15) is 0 Å². The number of unbranched alkanes of at least 4 members (excludes halogenated alkanes) is 23. The number of nitrogens with two attached hydrogens (primary N) is 1. The van der Waals surface area contributed by atoms with Crippen LogP contribution >= 0.6 is 7.82 Å². The van der Waals surface area contributed by atoms with Crippen molar-refractivity contribution in [1.29, 1.82) is 0 Å². The second-order valence-corrected chi connectivity index (χ2v) is 14.5. The lowest BCUT2D eigenvalue weighted by Gasteiger charge is -2.20. The first kappa shape index (κ1) is 46.0. The number of phosphoric acid groups is 1. The van der Waals surface area contributed by atoms with Crippen LogP contribution in [0.25, 0.3) is 0 Å². The van der Waals surface area contributed by atoms with Crippen LogP contribution in [-0.2, 0) is 32.7 Å². The number of carbonyl (C=O) groups excluding carboxylic acids is 1. The van der Waals surface area contributed by atoms with Gasteiger partial charge in [0.25, 0.3) is 0 Å². The van der Waals surface area contributed by atoms with E-state index in [2.05, 4.69) is 18.4 Å². The van der Waals surface area contributed by atoms with E-state index in [1.807, 2.05) is 0 Å². The molecule has 0 fully saturated rings. The van der Waals surface area contributed by atoms with Crippen LogP contribution in [0.5, 0.6) is 0 Å². The molecule has 0 aromatic rings. The van der Waals surface area contributed by atoms with Gasteiger partial charge in [-0.1, -0.05) is 162 Å². The van der Waals surface area contributed by atoms with Crippen molar-refractivity contribution >= 4 is 19.8 Å². The summed E-state index contributed by atoms with van der Waals surface area (Å²) in [6.45, 7) is 3.85. The van der Waals surface area contributed by atoms with Gasteiger partial charge in [0.1, 0.15) is 12.1 Å². The van der Waals surface area contributed by atoms with E-state index in [-0.39, 0.29) is 13.0 Å². The van der Waals surface area contributed by atoms with E-state index >= 15 is 0 Å². The summed E-state index contributed by atoms with van der Waals surface area (Å²) in [5.41, 5.74) is 5.32. The predicted molar refractivity (Wildman–Crippen MR) is 189 cm³/mol. The number of esters is 1. The smallest absolute Gasteiger partial charge is 0.472 e. The number of aliphatic carboxylic acids is 1. The fourth-order valence-corrected chi connectivity index (χ4v) is 6.15. The Kier molecular flexibility index (Phi) is 32.7. The number of carboxylic acid groups (broad SMARTS) is 1. The van der Waals surface area contributed by atoms with Gasteiger partial charge in [0.05, 0.1) is 19.8 Å². The number of hydrogen-bond donors (Lipinski definition) is 3. The molecule has 10 nitrogen and oxygen atoms in total. The molecule has 0 aromatic carbocycles. The van der Waals surface area contributed by atoms with Gasteiger partial charge in [-0.25, -0.2) is 4.57 Å². The van der Waals surface area contributed by atoms with Crippen molar-refractivity contribution in [3.63, 3.8) is 0 Å². The van der Waals surface area contributed by atoms with Gasteiger partial charge < -0.3 is 25.2 Å². The van der Waals surface area contributed by atoms with Crippen LogP contribution in [-0.4, -0.2) is 60.5 Å². The van der Waals surface area contributed by atoms with E-state index in [0.717, 1.165) is 38.5 Å². The fraction of sp³-hybridized carbons (Fsp3) is 0.944. The van der Waals surface area contributed by atoms with E-state index in [1.165, 1.54) is 116 Å². The standard InChI is InChI=1S/C36H72NO9P/c1-3-5-7-9-11-12-13-14-15-16-17-18-19-20-21-23-25-27-29-43-30-33(31-44-47(41,42)45-32-34(37)36(39)40)46-35(38)28-26-24-22-10-8-6-4-2/h33-34H,3-32,37H2,1-2H3,(H,39,40)(H,41,42). The quantitative estimate of drug-likeness (QED) is 0.0325. The summed E-state index contributed by atoms with van der Waals surface area (Å²) >= 11 is 0. The Bertz CT molecular complexity index is 771. The van der Waals surface area contributed by atoms with Gasteiger partial charge in [-0.3, -0.25) is 18.6 Å². The molecule has 3 atom stereocenters. The molecule has 0 aliphatic carbocycles. The highest BCUT2D eigenvalue weighted by Gasteiger charge is 2.27. The molecular formula is C36H72NO9P. The highest BCUT2D eigenvalue weighted by Crippen LogP contribution is 2.43. The zero-order valence-corrected chi connectivity index (χ0v) is 31.0. The van der Waals surface area contributed by atoms with Crippen molar-refractivity contribution in [3.8, 4) is 0 Å². The molecule has 0 aliphatic rings. The zero-order valence-electron chi connectivity index (χ0n) is 30.1. The minimum Gasteiger partial charge on any atom is -0.480 e. The molecule has 3 unspecified atom stereocenters. The molecule has 0 radical (unpaired) electrons. The Morgan fingerprint density at radius 1 is 0.596 bits per heavy atom. The van der Waals surface area contributed by atoms with Crippen molar-refractivity contribution in [2.24, 2.45) is 5.73 Å². The third-order valence-electron chi connectivity index (χ3n) is 8.39. The van der Waals surface area contributed by atoms with Crippen molar-refractivity contribution in [2.45, 2.75) is 193 Å². The molecule has 0 heterocycles. The van der Waals surface area contributed by atoms with Crippen molar-refractivity contribution < 1.29 is 42.7 Å². The maximum absolute atomic E-state index is 12.4. The molecule has 11 heteroatoms. The molecule has 0 spiro atoms. The molecule has 0 bridgehead atoms. The van der Waals surface area contributed by atoms with E-state index < -0.39 is 45.1 Å². The molecule has 0 rings (SSSR count). The first-order valence-corrected chi connectivity index (χ1v) is 20.6.